The molecule has 0 saturated carbocycles. The highest BCUT2D eigenvalue weighted by Crippen LogP contribution is 2.34. The van der Waals surface area contributed by atoms with Gasteiger partial charge in [0.1, 0.15) is 0 Å². The molecule has 2 aromatic carbocycles. The number of carbonyl (C=O) groups excluding carboxylic acids is 1. The number of nitriles is 1. The molecule has 3 nitrogen and oxygen atoms in total. The summed E-state index contributed by atoms with van der Waals surface area (Å²) in [6.45, 7) is 2.34. The SMILES string of the molecule is Cc1ccc(N(CCC#N)C(=O)CSc2c(Cl)cccc2Cl)cc1. The third-order valence-corrected chi connectivity index (χ3v) is 5.33. The predicted molar refractivity (Wildman–Crippen MR) is 101 cm³/mol. The van der Waals surface area contributed by atoms with E-state index in [2.05, 4.69) is 6.07 Å². The predicted octanol–water partition coefficient (Wildman–Crippen LogP) is 5.34. The lowest BCUT2D eigenvalue weighted by Crippen LogP contribution is -2.33. The number of amides is 1. The lowest BCUT2D eigenvalue weighted by Gasteiger charge is -2.22. The maximum Gasteiger partial charge on any atom is 0.237 e. The normalized spacial score (nSPS) is 10.2. The molecule has 2 aromatic rings. The van der Waals surface area contributed by atoms with Crippen LogP contribution in [0.1, 0.15) is 12.0 Å². The number of carbonyl (C=O) groups is 1. The Morgan fingerprint density at radius 1 is 1.17 bits per heavy atom. The lowest BCUT2D eigenvalue weighted by molar-refractivity contribution is -0.116. The molecule has 0 aromatic heterocycles. The topological polar surface area (TPSA) is 44.1 Å². The van der Waals surface area contributed by atoms with E-state index in [-0.39, 0.29) is 18.1 Å². The summed E-state index contributed by atoms with van der Waals surface area (Å²) in [5.74, 6) is 0.109. The smallest absolute Gasteiger partial charge is 0.237 e. The molecule has 0 atom stereocenters. The zero-order chi connectivity index (χ0) is 17.5. The van der Waals surface area contributed by atoms with Gasteiger partial charge in [0.25, 0.3) is 0 Å². The van der Waals surface area contributed by atoms with Crippen LogP contribution in [-0.2, 0) is 4.79 Å². The van der Waals surface area contributed by atoms with Gasteiger partial charge in [0.15, 0.2) is 0 Å². The fourth-order valence-corrected chi connectivity index (χ4v) is 3.68. The summed E-state index contributed by atoms with van der Waals surface area (Å²) < 4.78 is 0. The van der Waals surface area contributed by atoms with Crippen molar-refractivity contribution in [2.24, 2.45) is 0 Å². The molecule has 0 fully saturated rings. The first kappa shape index (κ1) is 18.7. The van der Waals surface area contributed by atoms with Gasteiger partial charge in [-0.1, -0.05) is 47.0 Å². The Hall–Kier alpha value is -1.67. The van der Waals surface area contributed by atoms with Gasteiger partial charge in [-0.05, 0) is 31.2 Å². The second-order valence-electron chi connectivity index (χ2n) is 5.13. The van der Waals surface area contributed by atoms with Gasteiger partial charge in [-0.2, -0.15) is 5.26 Å². The van der Waals surface area contributed by atoms with Crippen molar-refractivity contribution in [2.45, 2.75) is 18.2 Å². The molecule has 0 unspecified atom stereocenters. The van der Waals surface area contributed by atoms with Gasteiger partial charge in [-0.25, -0.2) is 0 Å². The van der Waals surface area contributed by atoms with Crippen LogP contribution in [0, 0.1) is 18.3 Å². The Morgan fingerprint density at radius 2 is 1.79 bits per heavy atom. The van der Waals surface area contributed by atoms with Crippen molar-refractivity contribution in [3.63, 3.8) is 0 Å². The van der Waals surface area contributed by atoms with Crippen LogP contribution < -0.4 is 4.90 Å². The summed E-state index contributed by atoms with van der Waals surface area (Å²) >= 11 is 13.6. The molecule has 1 amide bonds. The molecule has 124 valence electrons. The van der Waals surface area contributed by atoms with Crippen LogP contribution in [0.5, 0.6) is 0 Å². The van der Waals surface area contributed by atoms with Gasteiger partial charge >= 0.3 is 0 Å². The van der Waals surface area contributed by atoms with Gasteiger partial charge < -0.3 is 4.90 Å². The van der Waals surface area contributed by atoms with Crippen molar-refractivity contribution in [1.29, 1.82) is 5.26 Å². The van der Waals surface area contributed by atoms with Crippen molar-refractivity contribution >= 4 is 46.6 Å². The molecule has 0 aliphatic carbocycles. The molecular formula is C18H16Cl2N2OS. The Kier molecular flexibility index (Phi) is 6.99. The summed E-state index contributed by atoms with van der Waals surface area (Å²) in [5, 5.41) is 9.89. The minimum atomic E-state index is -0.0879. The lowest BCUT2D eigenvalue weighted by atomic mass is 10.2. The first-order valence-corrected chi connectivity index (χ1v) is 9.08. The highest BCUT2D eigenvalue weighted by molar-refractivity contribution is 8.00. The Morgan fingerprint density at radius 3 is 2.38 bits per heavy atom. The number of aryl methyl sites for hydroxylation is 1. The summed E-state index contributed by atoms with van der Waals surface area (Å²) in [6, 6.07) is 15.0. The Balaban J connectivity index is 2.13. The number of benzene rings is 2. The minimum absolute atomic E-state index is 0.0879. The number of halogens is 2. The van der Waals surface area contributed by atoms with Crippen LogP contribution >= 0.6 is 35.0 Å². The third kappa shape index (κ3) is 4.91. The molecule has 0 heterocycles. The van der Waals surface area contributed by atoms with Crippen molar-refractivity contribution in [3.05, 3.63) is 58.1 Å². The molecule has 2 rings (SSSR count). The molecular weight excluding hydrogens is 363 g/mol. The molecule has 0 aliphatic rings. The second-order valence-corrected chi connectivity index (χ2v) is 6.93. The van der Waals surface area contributed by atoms with Crippen LogP contribution in [0.15, 0.2) is 47.4 Å². The van der Waals surface area contributed by atoms with E-state index in [9.17, 15) is 4.79 Å². The maximum absolute atomic E-state index is 12.6. The van der Waals surface area contributed by atoms with Crippen LogP contribution in [0.2, 0.25) is 10.0 Å². The van der Waals surface area contributed by atoms with E-state index in [0.29, 0.717) is 21.5 Å². The highest BCUT2D eigenvalue weighted by atomic mass is 35.5. The summed E-state index contributed by atoms with van der Waals surface area (Å²) in [6.07, 6.45) is 0.275. The number of hydrogen-bond acceptors (Lipinski definition) is 3. The van der Waals surface area contributed by atoms with Gasteiger partial charge in [0.2, 0.25) is 5.91 Å². The maximum atomic E-state index is 12.6. The van der Waals surface area contributed by atoms with E-state index in [1.165, 1.54) is 11.8 Å². The van der Waals surface area contributed by atoms with Crippen molar-refractivity contribution < 1.29 is 4.79 Å². The minimum Gasteiger partial charge on any atom is -0.311 e. The monoisotopic (exact) mass is 378 g/mol. The molecule has 0 saturated heterocycles. The van der Waals surface area contributed by atoms with E-state index in [4.69, 9.17) is 28.5 Å². The van der Waals surface area contributed by atoms with Crippen molar-refractivity contribution in [2.75, 3.05) is 17.2 Å². The quantitative estimate of drug-likeness (QED) is 0.637. The first-order valence-electron chi connectivity index (χ1n) is 7.33. The van der Waals surface area contributed by atoms with E-state index in [1.807, 2.05) is 31.2 Å². The Bertz CT molecular complexity index is 736. The third-order valence-electron chi connectivity index (χ3n) is 3.35. The zero-order valence-corrected chi connectivity index (χ0v) is 15.5. The van der Waals surface area contributed by atoms with E-state index >= 15 is 0 Å². The number of thioether (sulfide) groups is 1. The average Bonchev–Trinajstić information content (AvgIpc) is 2.56. The van der Waals surface area contributed by atoms with Gasteiger partial charge in [0.05, 0.1) is 28.3 Å². The largest absolute Gasteiger partial charge is 0.311 e. The zero-order valence-electron chi connectivity index (χ0n) is 13.1. The standard InChI is InChI=1S/C18H16Cl2N2OS/c1-13-6-8-14(9-7-13)22(11-3-10-21)17(23)12-24-18-15(19)4-2-5-16(18)20/h2,4-9H,3,11-12H2,1H3. The van der Waals surface area contributed by atoms with Gasteiger partial charge in [0, 0.05) is 17.1 Å². The van der Waals surface area contributed by atoms with Crippen LogP contribution in [0.25, 0.3) is 0 Å². The number of rotatable bonds is 6. The van der Waals surface area contributed by atoms with Gasteiger partial charge in [-0.15, -0.1) is 11.8 Å². The van der Waals surface area contributed by atoms with E-state index < -0.39 is 0 Å². The van der Waals surface area contributed by atoms with Crippen LogP contribution in [0.4, 0.5) is 5.69 Å². The first-order chi connectivity index (χ1) is 11.5. The van der Waals surface area contributed by atoms with E-state index in [0.717, 1.165) is 11.3 Å². The number of anilines is 1. The number of nitrogens with zero attached hydrogens (tertiary/aromatic N) is 2. The summed E-state index contributed by atoms with van der Waals surface area (Å²) in [4.78, 5) is 15.0. The van der Waals surface area contributed by atoms with E-state index in [1.54, 1.807) is 23.1 Å². The molecule has 24 heavy (non-hydrogen) atoms. The number of hydrogen-bond donors (Lipinski definition) is 0. The highest BCUT2D eigenvalue weighted by Gasteiger charge is 2.17. The van der Waals surface area contributed by atoms with Gasteiger partial charge in [-0.3, -0.25) is 4.79 Å². The summed E-state index contributed by atoms with van der Waals surface area (Å²) in [7, 11) is 0. The molecule has 0 bridgehead atoms. The second kappa shape index (κ2) is 8.98. The van der Waals surface area contributed by atoms with Crippen molar-refractivity contribution in [3.8, 4) is 6.07 Å². The Labute approximate surface area is 156 Å². The van der Waals surface area contributed by atoms with Crippen molar-refractivity contribution in [1.82, 2.24) is 0 Å². The van der Waals surface area contributed by atoms with Crippen LogP contribution in [0.3, 0.4) is 0 Å². The average molecular weight is 379 g/mol. The summed E-state index contributed by atoms with van der Waals surface area (Å²) in [5.41, 5.74) is 1.90. The fourth-order valence-electron chi connectivity index (χ4n) is 2.12. The molecule has 6 heteroatoms. The molecule has 0 N–H and O–H groups in total. The fraction of sp³-hybridized carbons (Fsp3) is 0.222. The van der Waals surface area contributed by atoms with Crippen LogP contribution in [-0.4, -0.2) is 18.2 Å². The molecule has 0 radical (unpaired) electrons. The molecule has 0 aliphatic heterocycles. The molecule has 0 spiro atoms.